The first-order valence-electron chi connectivity index (χ1n) is 13.5. The molecule has 0 aliphatic carbocycles. The van der Waals surface area contributed by atoms with Crippen molar-refractivity contribution in [2.24, 2.45) is 0 Å². The van der Waals surface area contributed by atoms with E-state index in [4.69, 9.17) is 28.8 Å². The van der Waals surface area contributed by atoms with E-state index in [1.165, 1.54) is 51.4 Å². The maximum absolute atomic E-state index is 11.8. The molecule has 0 unspecified atom stereocenters. The number of ether oxygens (including phenoxy) is 5. The van der Waals surface area contributed by atoms with E-state index >= 15 is 0 Å². The summed E-state index contributed by atoms with van der Waals surface area (Å²) in [4.78, 5) is 11.8. The number of aliphatic hydroxyl groups excluding tert-OH is 1. The molecule has 0 amide bonds. The zero-order valence-corrected chi connectivity index (χ0v) is 22.9. The maximum atomic E-state index is 11.8. The molecule has 1 aromatic carbocycles. The van der Waals surface area contributed by atoms with E-state index in [1.807, 2.05) is 30.3 Å². The van der Waals surface area contributed by atoms with Crippen LogP contribution in [0.5, 0.6) is 0 Å². The fourth-order valence-corrected chi connectivity index (χ4v) is 4.21. The molecule has 0 heterocycles. The third kappa shape index (κ3) is 23.3. The number of esters is 1. The smallest absolute Gasteiger partial charge is 0.316 e. The lowest BCUT2D eigenvalue weighted by atomic mass is 10.1. The topological polar surface area (TPSA) is 83.5 Å². The van der Waals surface area contributed by atoms with Crippen molar-refractivity contribution in [1.29, 1.82) is 0 Å². The summed E-state index contributed by atoms with van der Waals surface area (Å²) in [5.74, 6) is 1.35. The van der Waals surface area contributed by atoms with Gasteiger partial charge in [0.1, 0.15) is 6.61 Å². The second-order valence-electron chi connectivity index (χ2n) is 8.55. The Hall–Kier alpha value is -1.16. The van der Waals surface area contributed by atoms with Gasteiger partial charge in [0.05, 0.1) is 58.6 Å². The standard InChI is InChI=1S/C28H48O7S/c29-15-17-32-19-21-34-23-22-33-20-18-31-16-11-6-4-2-1-3-5-7-12-24-36-26-28(30)35-25-27-13-9-8-10-14-27/h8-10,13-14,29H,1-7,11-12,15-26H2. The molecule has 36 heavy (non-hydrogen) atoms. The molecule has 0 atom stereocenters. The molecular formula is C28H48O7S. The summed E-state index contributed by atoms with van der Waals surface area (Å²) in [6, 6.07) is 9.80. The zero-order valence-electron chi connectivity index (χ0n) is 22.0. The van der Waals surface area contributed by atoms with Crippen LogP contribution in [0.2, 0.25) is 0 Å². The number of benzene rings is 1. The van der Waals surface area contributed by atoms with E-state index in [0.29, 0.717) is 58.6 Å². The minimum atomic E-state index is -0.123. The number of carbonyl (C=O) groups excluding carboxylic acids is 1. The average molecular weight is 529 g/mol. The van der Waals surface area contributed by atoms with Crippen LogP contribution in [-0.4, -0.2) is 82.0 Å². The highest BCUT2D eigenvalue weighted by molar-refractivity contribution is 7.99. The summed E-state index contributed by atoms with van der Waals surface area (Å²) in [7, 11) is 0. The van der Waals surface area contributed by atoms with Crippen molar-refractivity contribution >= 4 is 17.7 Å². The molecule has 0 aliphatic heterocycles. The predicted octanol–water partition coefficient (Wildman–Crippen LogP) is 5.03. The number of hydrogen-bond donors (Lipinski definition) is 1. The lowest BCUT2D eigenvalue weighted by Gasteiger charge is -2.07. The number of unbranched alkanes of at least 4 members (excludes halogenated alkanes) is 8. The Morgan fingerprint density at radius 1 is 0.639 bits per heavy atom. The van der Waals surface area contributed by atoms with Crippen molar-refractivity contribution < 1.29 is 33.6 Å². The van der Waals surface area contributed by atoms with Crippen LogP contribution in [0.15, 0.2) is 30.3 Å². The van der Waals surface area contributed by atoms with Gasteiger partial charge in [0, 0.05) is 6.61 Å². The number of hydrogen-bond acceptors (Lipinski definition) is 8. The summed E-state index contributed by atoms with van der Waals surface area (Å²) in [6.45, 7) is 4.94. The third-order valence-electron chi connectivity index (χ3n) is 5.39. The molecular weight excluding hydrogens is 480 g/mol. The minimum absolute atomic E-state index is 0.0447. The van der Waals surface area contributed by atoms with Gasteiger partial charge in [0.25, 0.3) is 0 Å². The summed E-state index contributed by atoms with van der Waals surface area (Å²) < 4.78 is 26.8. The van der Waals surface area contributed by atoms with Crippen molar-refractivity contribution in [2.75, 3.05) is 71.0 Å². The van der Waals surface area contributed by atoms with Crippen molar-refractivity contribution in [3.05, 3.63) is 35.9 Å². The quantitative estimate of drug-likeness (QED) is 0.126. The number of thioether (sulfide) groups is 1. The summed E-state index contributed by atoms with van der Waals surface area (Å²) in [5, 5.41) is 8.57. The molecule has 0 saturated heterocycles. The van der Waals surface area contributed by atoms with Crippen LogP contribution in [0.4, 0.5) is 0 Å². The first-order chi connectivity index (χ1) is 17.8. The van der Waals surface area contributed by atoms with Gasteiger partial charge in [-0.3, -0.25) is 4.79 Å². The van der Waals surface area contributed by atoms with Crippen molar-refractivity contribution in [2.45, 2.75) is 64.4 Å². The molecule has 0 saturated carbocycles. The second kappa shape index (κ2) is 26.9. The van der Waals surface area contributed by atoms with Gasteiger partial charge >= 0.3 is 5.97 Å². The molecule has 0 aliphatic rings. The second-order valence-corrected chi connectivity index (χ2v) is 9.66. The van der Waals surface area contributed by atoms with Crippen molar-refractivity contribution in [3.63, 3.8) is 0 Å². The molecule has 1 N–H and O–H groups in total. The van der Waals surface area contributed by atoms with Gasteiger partial charge < -0.3 is 28.8 Å². The lowest BCUT2D eigenvalue weighted by Crippen LogP contribution is -2.12. The number of aliphatic hydroxyl groups is 1. The first-order valence-corrected chi connectivity index (χ1v) is 14.7. The predicted molar refractivity (Wildman–Crippen MR) is 145 cm³/mol. The van der Waals surface area contributed by atoms with Crippen LogP contribution in [-0.2, 0) is 35.1 Å². The minimum Gasteiger partial charge on any atom is -0.460 e. The van der Waals surface area contributed by atoms with Crippen molar-refractivity contribution in [1.82, 2.24) is 0 Å². The first kappa shape index (κ1) is 32.9. The van der Waals surface area contributed by atoms with Crippen LogP contribution in [0.1, 0.15) is 63.4 Å². The van der Waals surface area contributed by atoms with E-state index in [-0.39, 0.29) is 12.6 Å². The molecule has 0 aromatic heterocycles. The highest BCUT2D eigenvalue weighted by atomic mass is 32.2. The Kier molecular flexibility index (Phi) is 24.6. The molecule has 0 bridgehead atoms. The summed E-state index contributed by atoms with van der Waals surface area (Å²) in [6.07, 6.45) is 11.2. The van der Waals surface area contributed by atoms with Crippen LogP contribution >= 0.6 is 11.8 Å². The number of carbonyl (C=O) groups is 1. The fraction of sp³-hybridized carbons (Fsp3) is 0.750. The Morgan fingerprint density at radius 3 is 1.72 bits per heavy atom. The Labute approximate surface area is 222 Å². The molecule has 8 heteroatoms. The maximum Gasteiger partial charge on any atom is 0.316 e. The third-order valence-corrected chi connectivity index (χ3v) is 6.41. The largest absolute Gasteiger partial charge is 0.460 e. The van der Waals surface area contributed by atoms with E-state index in [0.717, 1.165) is 24.3 Å². The molecule has 0 fully saturated rings. The highest BCUT2D eigenvalue weighted by Crippen LogP contribution is 2.12. The fourth-order valence-electron chi connectivity index (χ4n) is 3.41. The summed E-state index contributed by atoms with van der Waals surface area (Å²) >= 11 is 1.68. The Morgan fingerprint density at radius 2 is 1.14 bits per heavy atom. The van der Waals surface area contributed by atoms with Crippen LogP contribution in [0.3, 0.4) is 0 Å². The average Bonchev–Trinajstić information content (AvgIpc) is 2.90. The van der Waals surface area contributed by atoms with E-state index in [9.17, 15) is 4.79 Å². The van der Waals surface area contributed by atoms with Crippen LogP contribution < -0.4 is 0 Å². The van der Waals surface area contributed by atoms with E-state index in [2.05, 4.69) is 0 Å². The molecule has 1 rings (SSSR count). The Bertz CT molecular complexity index is 589. The lowest BCUT2D eigenvalue weighted by molar-refractivity contribution is -0.141. The van der Waals surface area contributed by atoms with Gasteiger partial charge in [-0.2, -0.15) is 11.8 Å². The zero-order chi connectivity index (χ0) is 25.8. The monoisotopic (exact) mass is 528 g/mol. The van der Waals surface area contributed by atoms with Gasteiger partial charge in [-0.05, 0) is 24.2 Å². The van der Waals surface area contributed by atoms with Crippen molar-refractivity contribution in [3.8, 4) is 0 Å². The van der Waals surface area contributed by atoms with E-state index < -0.39 is 0 Å². The number of rotatable bonds is 27. The van der Waals surface area contributed by atoms with Gasteiger partial charge in [0.15, 0.2) is 0 Å². The SMILES string of the molecule is O=C(CSCCCCCCCCCCCOCCOCCOCCOCCO)OCc1ccccc1. The molecule has 208 valence electrons. The molecule has 7 nitrogen and oxygen atoms in total. The van der Waals surface area contributed by atoms with Crippen LogP contribution in [0.25, 0.3) is 0 Å². The normalized spacial score (nSPS) is 11.1. The molecule has 0 spiro atoms. The highest BCUT2D eigenvalue weighted by Gasteiger charge is 2.03. The molecule has 1 aromatic rings. The van der Waals surface area contributed by atoms with Crippen LogP contribution in [0, 0.1) is 0 Å². The van der Waals surface area contributed by atoms with Gasteiger partial charge in [-0.15, -0.1) is 0 Å². The summed E-state index contributed by atoms with van der Waals surface area (Å²) in [5.41, 5.74) is 1.03. The van der Waals surface area contributed by atoms with E-state index in [1.54, 1.807) is 11.8 Å². The Balaban J connectivity index is 1.68. The van der Waals surface area contributed by atoms with Gasteiger partial charge in [0.2, 0.25) is 0 Å². The van der Waals surface area contributed by atoms with Gasteiger partial charge in [-0.1, -0.05) is 75.3 Å². The van der Waals surface area contributed by atoms with Gasteiger partial charge in [-0.25, -0.2) is 0 Å². The molecule has 0 radical (unpaired) electrons.